The zero-order valence-electron chi connectivity index (χ0n) is 11.9. The second kappa shape index (κ2) is 7.31. The number of piperidine rings is 1. The van der Waals surface area contributed by atoms with Crippen molar-refractivity contribution in [2.75, 3.05) is 47.4 Å². The van der Waals surface area contributed by atoms with Gasteiger partial charge in [-0.2, -0.15) is 0 Å². The molecule has 1 aliphatic heterocycles. The summed E-state index contributed by atoms with van der Waals surface area (Å²) in [5.74, 6) is 0.515. The molecule has 0 aliphatic carbocycles. The molecule has 0 saturated carbocycles. The van der Waals surface area contributed by atoms with E-state index in [-0.39, 0.29) is 0 Å². The third-order valence-corrected chi connectivity index (χ3v) is 4.03. The second-order valence-electron chi connectivity index (χ2n) is 5.47. The number of likely N-dealkylation sites (tertiary alicyclic amines) is 1. The third-order valence-electron chi connectivity index (χ3n) is 4.03. The largest absolute Gasteiger partial charge is 0.384 e. The van der Waals surface area contributed by atoms with Gasteiger partial charge in [-0.3, -0.25) is 4.90 Å². The monoisotopic (exact) mass is 243 g/mol. The molecule has 0 aromatic carbocycles. The Kier molecular flexibility index (Phi) is 6.41. The Labute approximate surface area is 106 Å². The van der Waals surface area contributed by atoms with Crippen molar-refractivity contribution >= 4 is 0 Å². The minimum atomic E-state index is 0.470. The van der Waals surface area contributed by atoms with Gasteiger partial charge in [0.1, 0.15) is 0 Å². The van der Waals surface area contributed by atoms with Gasteiger partial charge in [-0.15, -0.1) is 0 Å². The smallest absolute Gasteiger partial charge is 0.0503 e. The minimum Gasteiger partial charge on any atom is -0.384 e. The molecule has 1 rings (SSSR count). The summed E-state index contributed by atoms with van der Waals surface area (Å²) in [5.41, 5.74) is 5.92. The fraction of sp³-hybridized carbons (Fsp3) is 1.00. The van der Waals surface area contributed by atoms with Crippen LogP contribution in [0.1, 0.15) is 19.8 Å². The summed E-state index contributed by atoms with van der Waals surface area (Å²) in [4.78, 5) is 4.89. The molecule has 2 N–H and O–H groups in total. The highest BCUT2D eigenvalue weighted by Crippen LogP contribution is 2.19. The maximum atomic E-state index is 5.92. The lowest BCUT2D eigenvalue weighted by Crippen LogP contribution is -2.51. The predicted molar refractivity (Wildman–Crippen MR) is 72.2 cm³/mol. The average Bonchev–Trinajstić information content (AvgIpc) is 2.31. The number of rotatable bonds is 6. The van der Waals surface area contributed by atoms with Crippen LogP contribution in [-0.4, -0.2) is 69.3 Å². The van der Waals surface area contributed by atoms with E-state index in [9.17, 15) is 0 Å². The number of nitrogens with zero attached hydrogens (tertiary/aromatic N) is 2. The molecule has 0 bridgehead atoms. The van der Waals surface area contributed by atoms with Crippen molar-refractivity contribution in [3.8, 4) is 0 Å². The number of hydrogen-bond donors (Lipinski definition) is 1. The zero-order chi connectivity index (χ0) is 12.8. The standard InChI is InChI=1S/C13H29N3O/c1-11(10-17-4)13(9-14)16-7-5-12(6-8-16)15(2)3/h11-13H,5-10,14H2,1-4H3. The van der Waals surface area contributed by atoms with E-state index in [0.717, 1.165) is 19.2 Å². The fourth-order valence-corrected chi connectivity index (χ4v) is 2.85. The summed E-state index contributed by atoms with van der Waals surface area (Å²) < 4.78 is 5.25. The van der Waals surface area contributed by atoms with Gasteiger partial charge in [0.2, 0.25) is 0 Å². The molecule has 2 unspecified atom stereocenters. The SMILES string of the molecule is COCC(C)C(CN)N1CCC(N(C)C)CC1. The Bertz CT molecular complexity index is 203. The van der Waals surface area contributed by atoms with Gasteiger partial charge in [0, 0.05) is 25.7 Å². The van der Waals surface area contributed by atoms with Gasteiger partial charge in [0.05, 0.1) is 6.61 Å². The quantitative estimate of drug-likeness (QED) is 0.743. The maximum absolute atomic E-state index is 5.92. The molecule has 0 radical (unpaired) electrons. The van der Waals surface area contributed by atoms with Gasteiger partial charge >= 0.3 is 0 Å². The summed E-state index contributed by atoms with van der Waals surface area (Å²) in [6.07, 6.45) is 2.51. The van der Waals surface area contributed by atoms with Crippen LogP contribution < -0.4 is 5.73 Å². The van der Waals surface area contributed by atoms with Crippen LogP contribution in [0.25, 0.3) is 0 Å². The molecule has 17 heavy (non-hydrogen) atoms. The molecule has 1 heterocycles. The summed E-state index contributed by atoms with van der Waals surface area (Å²) in [6, 6.07) is 1.21. The molecule has 0 amide bonds. The molecule has 1 fully saturated rings. The highest BCUT2D eigenvalue weighted by Gasteiger charge is 2.28. The van der Waals surface area contributed by atoms with Crippen molar-refractivity contribution in [3.05, 3.63) is 0 Å². The van der Waals surface area contributed by atoms with Gasteiger partial charge < -0.3 is 15.4 Å². The van der Waals surface area contributed by atoms with E-state index in [0.29, 0.717) is 12.0 Å². The Morgan fingerprint density at radius 3 is 2.35 bits per heavy atom. The number of nitrogens with two attached hydrogens (primary N) is 1. The van der Waals surface area contributed by atoms with Gasteiger partial charge in [-0.1, -0.05) is 6.92 Å². The van der Waals surface area contributed by atoms with Gasteiger partial charge in [0.15, 0.2) is 0 Å². The second-order valence-corrected chi connectivity index (χ2v) is 5.47. The number of hydrogen-bond acceptors (Lipinski definition) is 4. The van der Waals surface area contributed by atoms with Crippen LogP contribution in [0.3, 0.4) is 0 Å². The normalized spacial score (nSPS) is 22.9. The molecule has 4 nitrogen and oxygen atoms in total. The summed E-state index contributed by atoms with van der Waals surface area (Å²) >= 11 is 0. The van der Waals surface area contributed by atoms with Crippen molar-refractivity contribution in [2.24, 2.45) is 11.7 Å². The average molecular weight is 243 g/mol. The molecule has 1 saturated heterocycles. The van der Waals surface area contributed by atoms with E-state index in [1.54, 1.807) is 7.11 Å². The number of methoxy groups -OCH3 is 1. The molecule has 2 atom stereocenters. The lowest BCUT2D eigenvalue weighted by atomic mass is 9.96. The van der Waals surface area contributed by atoms with E-state index < -0.39 is 0 Å². The Balaban J connectivity index is 2.44. The van der Waals surface area contributed by atoms with Crippen LogP contribution >= 0.6 is 0 Å². The minimum absolute atomic E-state index is 0.470. The van der Waals surface area contributed by atoms with Crippen LogP contribution in [-0.2, 0) is 4.74 Å². The first kappa shape index (κ1) is 14.9. The predicted octanol–water partition coefficient (Wildman–Crippen LogP) is 0.622. The van der Waals surface area contributed by atoms with Crippen molar-refractivity contribution in [2.45, 2.75) is 31.8 Å². The first-order valence-electron chi connectivity index (χ1n) is 6.69. The lowest BCUT2D eigenvalue weighted by molar-refractivity contribution is 0.0552. The molecule has 102 valence electrons. The van der Waals surface area contributed by atoms with Gasteiger partial charge in [-0.05, 0) is 45.9 Å². The van der Waals surface area contributed by atoms with Crippen molar-refractivity contribution in [1.29, 1.82) is 0 Å². The Morgan fingerprint density at radius 1 is 1.35 bits per heavy atom. The first-order valence-corrected chi connectivity index (χ1v) is 6.69. The highest BCUT2D eigenvalue weighted by atomic mass is 16.5. The first-order chi connectivity index (χ1) is 8.10. The van der Waals surface area contributed by atoms with E-state index in [1.165, 1.54) is 25.9 Å². The van der Waals surface area contributed by atoms with E-state index in [1.807, 2.05) is 0 Å². The molecule has 0 spiro atoms. The summed E-state index contributed by atoms with van der Waals surface area (Å²) in [6.45, 7) is 6.10. The van der Waals surface area contributed by atoms with Crippen LogP contribution in [0.15, 0.2) is 0 Å². The molecule has 4 heteroatoms. The number of ether oxygens (including phenoxy) is 1. The van der Waals surface area contributed by atoms with Crippen LogP contribution in [0.5, 0.6) is 0 Å². The Morgan fingerprint density at radius 2 is 1.94 bits per heavy atom. The molecule has 0 aromatic heterocycles. The van der Waals surface area contributed by atoms with Crippen LogP contribution in [0.4, 0.5) is 0 Å². The van der Waals surface area contributed by atoms with Crippen molar-refractivity contribution in [3.63, 3.8) is 0 Å². The lowest BCUT2D eigenvalue weighted by Gasteiger charge is -2.41. The summed E-state index contributed by atoms with van der Waals surface area (Å²) in [5, 5.41) is 0. The van der Waals surface area contributed by atoms with Crippen LogP contribution in [0, 0.1) is 5.92 Å². The van der Waals surface area contributed by atoms with Crippen LogP contribution in [0.2, 0.25) is 0 Å². The zero-order valence-corrected chi connectivity index (χ0v) is 11.9. The van der Waals surface area contributed by atoms with Gasteiger partial charge in [-0.25, -0.2) is 0 Å². The fourth-order valence-electron chi connectivity index (χ4n) is 2.85. The highest BCUT2D eigenvalue weighted by molar-refractivity contribution is 4.84. The van der Waals surface area contributed by atoms with E-state index in [4.69, 9.17) is 10.5 Å². The topological polar surface area (TPSA) is 41.7 Å². The molecular weight excluding hydrogens is 214 g/mol. The third kappa shape index (κ3) is 4.21. The maximum Gasteiger partial charge on any atom is 0.0503 e. The molecular formula is C13H29N3O. The summed E-state index contributed by atoms with van der Waals surface area (Å²) in [7, 11) is 6.12. The van der Waals surface area contributed by atoms with Crippen molar-refractivity contribution < 1.29 is 4.74 Å². The van der Waals surface area contributed by atoms with E-state index in [2.05, 4.69) is 30.8 Å². The molecule has 0 aromatic rings. The van der Waals surface area contributed by atoms with Gasteiger partial charge in [0.25, 0.3) is 0 Å². The Hall–Kier alpha value is -0.160. The molecule has 1 aliphatic rings. The van der Waals surface area contributed by atoms with Crippen molar-refractivity contribution in [1.82, 2.24) is 9.80 Å². The van der Waals surface area contributed by atoms with E-state index >= 15 is 0 Å².